The maximum absolute atomic E-state index is 12.9. The molecule has 1 atom stereocenters. The van der Waals surface area contributed by atoms with Crippen molar-refractivity contribution in [3.8, 4) is 0 Å². The second-order valence-electron chi connectivity index (χ2n) is 8.99. The molecule has 1 aromatic heterocycles. The molecular weight excluding hydrogens is 454 g/mol. The van der Waals surface area contributed by atoms with Crippen LogP contribution in [0.5, 0.6) is 0 Å². The number of allylic oxidation sites excluding steroid dienone is 4. The van der Waals surface area contributed by atoms with Crippen LogP contribution < -0.4 is 0 Å². The molecule has 2 aromatic rings. The van der Waals surface area contributed by atoms with Crippen molar-refractivity contribution in [2.24, 2.45) is 11.8 Å². The Morgan fingerprint density at radius 2 is 1.74 bits per heavy atom. The fourth-order valence-electron chi connectivity index (χ4n) is 4.15. The van der Waals surface area contributed by atoms with Crippen molar-refractivity contribution in [1.82, 2.24) is 4.57 Å². The van der Waals surface area contributed by atoms with Gasteiger partial charge in [0.05, 0.1) is 5.69 Å². The molecule has 0 saturated heterocycles. The van der Waals surface area contributed by atoms with Gasteiger partial charge in [0.25, 0.3) is 0 Å². The molecular formula is C30H45NO3S. The number of Topliss-reactive ketones (excluding diaryl/α,β-unsaturated/α-hetero) is 2. The first-order chi connectivity index (χ1) is 16.9. The van der Waals surface area contributed by atoms with Crippen LogP contribution in [-0.4, -0.2) is 20.7 Å². The molecule has 4 nitrogen and oxygen atoms in total. The van der Waals surface area contributed by atoms with E-state index in [1.165, 1.54) is 31.2 Å². The number of fused-ring (bicyclic) bond motifs is 1. The van der Waals surface area contributed by atoms with Crippen molar-refractivity contribution in [2.45, 2.75) is 93.5 Å². The molecule has 4 rings (SSSR count). The molecule has 1 fully saturated rings. The lowest BCUT2D eigenvalue weighted by Crippen LogP contribution is -2.16. The van der Waals surface area contributed by atoms with Crippen molar-refractivity contribution < 1.29 is 14.1 Å². The number of hydrogen-bond acceptors (Lipinski definition) is 4. The fraction of sp³-hybridized carbons (Fsp3) is 0.533. The van der Waals surface area contributed by atoms with Gasteiger partial charge < -0.3 is 9.12 Å². The summed E-state index contributed by atoms with van der Waals surface area (Å²) < 4.78 is 8.86. The monoisotopic (exact) mass is 499 g/mol. The number of carbonyl (C=O) groups is 2. The minimum atomic E-state index is -0.149. The quantitative estimate of drug-likeness (QED) is 0.228. The number of nitrogens with zero attached hydrogens (tertiary/aromatic N) is 1. The van der Waals surface area contributed by atoms with E-state index in [1.54, 1.807) is 6.92 Å². The van der Waals surface area contributed by atoms with Crippen molar-refractivity contribution in [3.05, 3.63) is 53.2 Å². The average Bonchev–Trinajstić information content (AvgIpc) is 3.67. The zero-order chi connectivity index (χ0) is 26.5. The maximum Gasteiger partial charge on any atom is 0.176 e. The Kier molecular flexibility index (Phi) is 14.0. The van der Waals surface area contributed by atoms with Gasteiger partial charge in [-0.3, -0.25) is 9.59 Å². The van der Waals surface area contributed by atoms with Crippen LogP contribution in [0.25, 0.3) is 16.5 Å². The largest absolute Gasteiger partial charge is 0.338 e. The Hall–Kier alpha value is -2.11. The number of rotatable bonds is 7. The minimum absolute atomic E-state index is 0.0333. The topological polar surface area (TPSA) is 59.3 Å². The lowest BCUT2D eigenvalue weighted by Gasteiger charge is -2.15. The molecule has 1 saturated carbocycles. The van der Waals surface area contributed by atoms with Crippen LogP contribution in [0, 0.1) is 11.8 Å². The van der Waals surface area contributed by atoms with Gasteiger partial charge in [-0.05, 0) is 49.4 Å². The number of aryl methyl sites for hydroxylation is 2. The second kappa shape index (κ2) is 15.8. The normalized spacial score (nSPS) is 16.3. The van der Waals surface area contributed by atoms with Gasteiger partial charge in [-0.2, -0.15) is 0 Å². The van der Waals surface area contributed by atoms with Gasteiger partial charge in [-0.15, -0.1) is 0 Å². The highest BCUT2D eigenvalue weighted by molar-refractivity contribution is 7.74. The molecule has 35 heavy (non-hydrogen) atoms. The molecule has 0 radical (unpaired) electrons. The van der Waals surface area contributed by atoms with E-state index >= 15 is 0 Å². The van der Waals surface area contributed by atoms with Crippen LogP contribution >= 0.6 is 12.9 Å². The second-order valence-corrected chi connectivity index (χ2v) is 8.99. The number of thiol groups is 1. The van der Waals surface area contributed by atoms with Crippen LogP contribution in [0.4, 0.5) is 0 Å². The third kappa shape index (κ3) is 7.94. The Morgan fingerprint density at radius 3 is 2.26 bits per heavy atom. The zero-order valence-corrected chi connectivity index (χ0v) is 23.6. The molecule has 1 aromatic carbocycles. The first kappa shape index (κ1) is 30.9. The summed E-state index contributed by atoms with van der Waals surface area (Å²) in [5, 5.41) is 1.04. The lowest BCUT2D eigenvalue weighted by atomic mass is 9.87. The summed E-state index contributed by atoms with van der Waals surface area (Å²) in [5.74, 6) is 0.775. The molecule has 5 heteroatoms. The van der Waals surface area contributed by atoms with E-state index in [0.29, 0.717) is 11.3 Å². The summed E-state index contributed by atoms with van der Waals surface area (Å²) in [6.07, 6.45) is 13.0. The third-order valence-electron chi connectivity index (χ3n) is 6.44. The number of hydrogen-bond donors (Lipinski definition) is 2. The van der Waals surface area contributed by atoms with Gasteiger partial charge in [0.2, 0.25) is 0 Å². The Balaban J connectivity index is 0.000000684. The number of aromatic nitrogens is 1. The summed E-state index contributed by atoms with van der Waals surface area (Å²) in [5.41, 5.74) is 4.51. The molecule has 1 N–H and O–H groups in total. The van der Waals surface area contributed by atoms with Gasteiger partial charge in [0, 0.05) is 41.4 Å². The van der Waals surface area contributed by atoms with Crippen LogP contribution in [0.3, 0.4) is 0 Å². The van der Waals surface area contributed by atoms with E-state index in [-0.39, 0.29) is 17.5 Å². The summed E-state index contributed by atoms with van der Waals surface area (Å²) in [6, 6.07) is 6.44. The standard InChI is InChI=1S/C24H27NO2.C4H10.C2H6.H2OS/c1-4-17-10-11-21-20(14-17)22(19-7-5-6-15(2)24(19)27)23(16(3)26)25(21)13-12-18-8-9-18;1-3-4-2;2*1-2/h5-7,10-11,14-15,18H,4,8-9,12-13H2,1-3H3;3-4H2,1-2H3;1-2H3;1-2H. The molecule has 1 unspecified atom stereocenters. The van der Waals surface area contributed by atoms with Crippen LogP contribution in [-0.2, 0) is 17.8 Å². The fourth-order valence-corrected chi connectivity index (χ4v) is 4.15. The summed E-state index contributed by atoms with van der Waals surface area (Å²) >= 11 is 2.53. The first-order valence-corrected chi connectivity index (χ1v) is 13.6. The number of unbranched alkanes of at least 4 members (excludes halogenated alkanes) is 1. The maximum atomic E-state index is 12.9. The molecule has 2 aliphatic carbocycles. The van der Waals surface area contributed by atoms with Gasteiger partial charge in [0.15, 0.2) is 11.6 Å². The van der Waals surface area contributed by atoms with Gasteiger partial charge in [-0.1, -0.05) is 91.5 Å². The van der Waals surface area contributed by atoms with Crippen molar-refractivity contribution >= 4 is 41.0 Å². The van der Waals surface area contributed by atoms with Crippen LogP contribution in [0.2, 0.25) is 0 Å². The van der Waals surface area contributed by atoms with Crippen molar-refractivity contribution in [2.75, 3.05) is 0 Å². The average molecular weight is 500 g/mol. The molecule has 2 aliphatic rings. The SMILES string of the molecule is CC.CCCC.CCc1ccc2c(c1)c(C1=CC=CC(C)C1=O)c(C(C)=O)n2CCC1CC1.OS. The minimum Gasteiger partial charge on any atom is -0.338 e. The molecule has 0 aliphatic heterocycles. The number of carbonyl (C=O) groups excluding carboxylic acids is 2. The van der Waals surface area contributed by atoms with E-state index in [9.17, 15) is 9.59 Å². The lowest BCUT2D eigenvalue weighted by molar-refractivity contribution is -0.115. The Morgan fingerprint density at radius 1 is 1.11 bits per heavy atom. The highest BCUT2D eigenvalue weighted by Gasteiger charge is 2.29. The van der Waals surface area contributed by atoms with E-state index in [4.69, 9.17) is 4.55 Å². The third-order valence-corrected chi connectivity index (χ3v) is 6.44. The van der Waals surface area contributed by atoms with Gasteiger partial charge >= 0.3 is 0 Å². The van der Waals surface area contributed by atoms with Gasteiger partial charge in [-0.25, -0.2) is 0 Å². The Bertz CT molecular complexity index is 1030. The summed E-state index contributed by atoms with van der Waals surface area (Å²) in [4.78, 5) is 25.7. The molecule has 0 amide bonds. The molecule has 194 valence electrons. The van der Waals surface area contributed by atoms with E-state index in [1.807, 2.05) is 39.0 Å². The predicted octanol–water partition coefficient (Wildman–Crippen LogP) is 8.59. The van der Waals surface area contributed by atoms with Crippen LogP contribution in [0.15, 0.2) is 36.4 Å². The van der Waals surface area contributed by atoms with E-state index < -0.39 is 0 Å². The summed E-state index contributed by atoms with van der Waals surface area (Å²) in [6.45, 7) is 14.9. The van der Waals surface area contributed by atoms with Crippen molar-refractivity contribution in [1.29, 1.82) is 0 Å². The Labute approximate surface area is 218 Å². The predicted molar refractivity (Wildman–Crippen MR) is 153 cm³/mol. The summed E-state index contributed by atoms with van der Waals surface area (Å²) in [7, 11) is 0. The van der Waals surface area contributed by atoms with Crippen molar-refractivity contribution in [3.63, 3.8) is 0 Å². The molecule has 0 spiro atoms. The van der Waals surface area contributed by atoms with Crippen LogP contribution in [0.1, 0.15) is 102 Å². The molecule has 0 bridgehead atoms. The highest BCUT2D eigenvalue weighted by Crippen LogP contribution is 2.38. The van der Waals surface area contributed by atoms with E-state index in [2.05, 4.69) is 56.4 Å². The number of benzene rings is 1. The first-order valence-electron chi connectivity index (χ1n) is 13.2. The van der Waals surface area contributed by atoms with Gasteiger partial charge in [0.1, 0.15) is 0 Å². The molecule has 1 heterocycles. The zero-order valence-electron chi connectivity index (χ0n) is 22.7. The van der Waals surface area contributed by atoms with E-state index in [0.717, 1.165) is 41.8 Å². The highest BCUT2D eigenvalue weighted by atomic mass is 32.1. The smallest absolute Gasteiger partial charge is 0.176 e. The number of ketones is 2.